The van der Waals surface area contributed by atoms with Gasteiger partial charge in [-0.25, -0.2) is 0 Å². The van der Waals surface area contributed by atoms with E-state index >= 15 is 0 Å². The Morgan fingerprint density at radius 1 is 1.12 bits per heavy atom. The monoisotopic (exact) mass is 328 g/mol. The molecule has 1 atom stereocenters. The Balaban J connectivity index is 2.24. The van der Waals surface area contributed by atoms with E-state index in [4.69, 9.17) is 9.52 Å². The first-order valence-electron chi connectivity index (χ1n) is 7.12. The Morgan fingerprint density at radius 3 is 2.42 bits per heavy atom. The molecule has 0 aliphatic heterocycles. The largest absolute Gasteiger partial charge is 0.480 e. The normalized spacial score (nSPS) is 12.3. The second-order valence-corrected chi connectivity index (χ2v) is 4.93. The van der Waals surface area contributed by atoms with Crippen LogP contribution in [0.15, 0.2) is 58.8 Å². The Morgan fingerprint density at radius 2 is 1.83 bits per heavy atom. The van der Waals surface area contributed by atoms with Crippen LogP contribution in [0.1, 0.15) is 23.0 Å². The highest BCUT2D eigenvalue weighted by Gasteiger charge is 2.20. The molecule has 124 valence electrons. The van der Waals surface area contributed by atoms with Crippen LogP contribution in [0.3, 0.4) is 0 Å². The van der Waals surface area contributed by atoms with Crippen LogP contribution in [0.5, 0.6) is 0 Å². The van der Waals surface area contributed by atoms with Crippen molar-refractivity contribution in [3.63, 3.8) is 0 Å². The van der Waals surface area contributed by atoms with Crippen molar-refractivity contribution < 1.29 is 23.9 Å². The van der Waals surface area contributed by atoms with Gasteiger partial charge in [-0.1, -0.05) is 30.3 Å². The second-order valence-electron chi connectivity index (χ2n) is 4.93. The third kappa shape index (κ3) is 4.57. The number of furan rings is 1. The molecule has 24 heavy (non-hydrogen) atoms. The molecule has 0 radical (unpaired) electrons. The number of carboxylic acid groups (broad SMARTS) is 1. The molecule has 2 aromatic rings. The molecule has 0 saturated carbocycles. The summed E-state index contributed by atoms with van der Waals surface area (Å²) in [5, 5.41) is 13.6. The molecule has 7 nitrogen and oxygen atoms in total. The number of benzene rings is 1. The van der Waals surface area contributed by atoms with Crippen LogP contribution in [0.4, 0.5) is 0 Å². The Labute approximate surface area is 138 Å². The van der Waals surface area contributed by atoms with E-state index < -0.39 is 23.8 Å². The minimum atomic E-state index is -1.18. The lowest BCUT2D eigenvalue weighted by Crippen LogP contribution is -2.42. The Hall–Kier alpha value is -3.35. The average molecular weight is 328 g/mol. The van der Waals surface area contributed by atoms with E-state index in [1.54, 1.807) is 30.3 Å². The Kier molecular flexibility index (Phi) is 5.51. The van der Waals surface area contributed by atoms with Gasteiger partial charge in [0, 0.05) is 0 Å². The summed E-state index contributed by atoms with van der Waals surface area (Å²) in [7, 11) is 0. The van der Waals surface area contributed by atoms with Crippen molar-refractivity contribution >= 4 is 23.9 Å². The highest BCUT2D eigenvalue weighted by molar-refractivity contribution is 6.05. The van der Waals surface area contributed by atoms with Crippen LogP contribution >= 0.6 is 0 Å². The zero-order valence-electron chi connectivity index (χ0n) is 12.9. The summed E-state index contributed by atoms with van der Waals surface area (Å²) in [5.74, 6) is -2.47. The van der Waals surface area contributed by atoms with E-state index in [1.165, 1.54) is 25.3 Å². The number of hydrogen-bond donors (Lipinski definition) is 3. The second kappa shape index (κ2) is 7.77. The van der Waals surface area contributed by atoms with Gasteiger partial charge in [0.1, 0.15) is 11.7 Å². The summed E-state index contributed by atoms with van der Waals surface area (Å²) >= 11 is 0. The van der Waals surface area contributed by atoms with Crippen molar-refractivity contribution in [2.24, 2.45) is 0 Å². The summed E-state index contributed by atoms with van der Waals surface area (Å²) in [6, 6.07) is 10.7. The summed E-state index contributed by atoms with van der Waals surface area (Å²) in [4.78, 5) is 35.3. The number of nitrogens with one attached hydrogen (secondary N) is 2. The van der Waals surface area contributed by atoms with Crippen LogP contribution in [0.2, 0.25) is 0 Å². The Bertz CT molecular complexity index is 751. The molecule has 2 amide bonds. The molecule has 0 fully saturated rings. The van der Waals surface area contributed by atoms with E-state index in [2.05, 4.69) is 10.6 Å². The first kappa shape index (κ1) is 17.0. The van der Waals surface area contributed by atoms with Crippen LogP contribution < -0.4 is 10.6 Å². The van der Waals surface area contributed by atoms with Gasteiger partial charge in [-0.15, -0.1) is 0 Å². The van der Waals surface area contributed by atoms with Crippen molar-refractivity contribution in [1.29, 1.82) is 0 Å². The zero-order valence-corrected chi connectivity index (χ0v) is 12.9. The fourth-order valence-electron chi connectivity index (χ4n) is 1.80. The van der Waals surface area contributed by atoms with Gasteiger partial charge in [0.2, 0.25) is 0 Å². The summed E-state index contributed by atoms with van der Waals surface area (Å²) in [6.45, 7) is 1.33. The highest BCUT2D eigenvalue weighted by Crippen LogP contribution is 2.07. The molecule has 0 saturated heterocycles. The van der Waals surface area contributed by atoms with E-state index in [9.17, 15) is 14.4 Å². The van der Waals surface area contributed by atoms with Crippen LogP contribution in [-0.4, -0.2) is 28.9 Å². The predicted octanol–water partition coefficient (Wildman–Crippen LogP) is 1.64. The SMILES string of the molecule is C[C@H](NC(=O)/C(=C/c1ccccc1)NC(=O)c1ccco1)C(=O)O. The molecule has 1 aromatic carbocycles. The number of rotatable bonds is 6. The molecule has 0 unspecified atom stereocenters. The maximum Gasteiger partial charge on any atom is 0.325 e. The third-order valence-electron chi connectivity index (χ3n) is 3.07. The first-order chi connectivity index (χ1) is 11.5. The summed E-state index contributed by atoms with van der Waals surface area (Å²) in [6.07, 6.45) is 2.78. The smallest absolute Gasteiger partial charge is 0.325 e. The quantitative estimate of drug-likeness (QED) is 0.699. The predicted molar refractivity (Wildman–Crippen MR) is 85.8 cm³/mol. The molecular formula is C17H16N2O5. The lowest BCUT2D eigenvalue weighted by molar-refractivity contribution is -0.140. The number of carboxylic acids is 1. The van der Waals surface area contributed by atoms with Gasteiger partial charge in [-0.2, -0.15) is 0 Å². The molecule has 0 aliphatic rings. The van der Waals surface area contributed by atoms with Gasteiger partial charge < -0.3 is 20.2 Å². The lowest BCUT2D eigenvalue weighted by atomic mass is 10.2. The minimum absolute atomic E-state index is 0.0352. The number of aliphatic carboxylic acids is 1. The maximum atomic E-state index is 12.3. The van der Waals surface area contributed by atoms with E-state index in [0.717, 1.165) is 0 Å². The van der Waals surface area contributed by atoms with Gasteiger partial charge >= 0.3 is 5.97 Å². The van der Waals surface area contributed by atoms with Crippen LogP contribution in [0, 0.1) is 0 Å². The van der Waals surface area contributed by atoms with Crippen molar-refractivity contribution in [3.8, 4) is 0 Å². The maximum absolute atomic E-state index is 12.3. The molecule has 1 aromatic heterocycles. The highest BCUT2D eigenvalue weighted by atomic mass is 16.4. The van der Waals surface area contributed by atoms with Crippen LogP contribution in [0.25, 0.3) is 6.08 Å². The van der Waals surface area contributed by atoms with E-state index in [1.807, 2.05) is 6.07 Å². The number of amides is 2. The fraction of sp³-hybridized carbons (Fsp3) is 0.118. The summed E-state index contributed by atoms with van der Waals surface area (Å²) < 4.78 is 4.98. The molecule has 3 N–H and O–H groups in total. The number of carbonyl (C=O) groups excluding carboxylic acids is 2. The van der Waals surface area contributed by atoms with Gasteiger partial charge in [0.25, 0.3) is 11.8 Å². The molecule has 0 spiro atoms. The fourth-order valence-corrected chi connectivity index (χ4v) is 1.80. The van der Waals surface area contributed by atoms with Gasteiger partial charge in [0.05, 0.1) is 6.26 Å². The lowest BCUT2D eigenvalue weighted by Gasteiger charge is -2.13. The third-order valence-corrected chi connectivity index (χ3v) is 3.07. The van der Waals surface area contributed by atoms with Gasteiger partial charge in [-0.05, 0) is 30.7 Å². The van der Waals surface area contributed by atoms with Crippen LogP contribution in [-0.2, 0) is 9.59 Å². The van der Waals surface area contributed by atoms with Gasteiger partial charge in [0.15, 0.2) is 5.76 Å². The topological polar surface area (TPSA) is 109 Å². The number of carbonyl (C=O) groups is 3. The standard InChI is InChI=1S/C17H16N2O5/c1-11(17(22)23)18-15(20)13(10-12-6-3-2-4-7-12)19-16(21)14-8-5-9-24-14/h2-11H,1H3,(H,18,20)(H,19,21)(H,22,23)/b13-10-/t11-/m0/s1. The average Bonchev–Trinajstić information content (AvgIpc) is 3.09. The summed E-state index contributed by atoms with van der Waals surface area (Å²) in [5.41, 5.74) is 0.584. The molecule has 1 heterocycles. The van der Waals surface area contributed by atoms with Crippen molar-refractivity contribution in [3.05, 3.63) is 65.7 Å². The van der Waals surface area contributed by atoms with Crippen molar-refractivity contribution in [2.45, 2.75) is 13.0 Å². The molecule has 2 rings (SSSR count). The van der Waals surface area contributed by atoms with E-state index in [0.29, 0.717) is 5.56 Å². The van der Waals surface area contributed by atoms with E-state index in [-0.39, 0.29) is 11.5 Å². The molecule has 0 aliphatic carbocycles. The number of hydrogen-bond acceptors (Lipinski definition) is 4. The molecule has 7 heteroatoms. The van der Waals surface area contributed by atoms with Gasteiger partial charge in [-0.3, -0.25) is 14.4 Å². The molecule has 0 bridgehead atoms. The molecular weight excluding hydrogens is 312 g/mol. The van der Waals surface area contributed by atoms with Crippen molar-refractivity contribution in [1.82, 2.24) is 10.6 Å². The first-order valence-corrected chi connectivity index (χ1v) is 7.12. The zero-order chi connectivity index (χ0) is 17.5. The minimum Gasteiger partial charge on any atom is -0.480 e. The van der Waals surface area contributed by atoms with Crippen molar-refractivity contribution in [2.75, 3.05) is 0 Å².